The van der Waals surface area contributed by atoms with Gasteiger partial charge in [0, 0.05) is 56.7 Å². The Morgan fingerprint density at radius 2 is 2.26 bits per heavy atom. The van der Waals surface area contributed by atoms with Gasteiger partial charge in [-0.25, -0.2) is 14.4 Å². The average molecular weight is 319 g/mol. The molecule has 0 radical (unpaired) electrons. The maximum atomic E-state index is 13.8. The summed E-state index contributed by atoms with van der Waals surface area (Å²) in [7, 11) is 1.69. The lowest BCUT2D eigenvalue weighted by Gasteiger charge is -2.27. The standard InChI is InChI=1S/C15H18FN5O2/c1-20(15(22)14-2-3-23-19-14)9-13-4-12(16)8-21(13)7-11-5-17-10-18-6-11/h2-3,5-6,10,12-13H,4,7-9H2,1H3/t12-,13-/m0/s1. The van der Waals surface area contributed by atoms with E-state index in [4.69, 9.17) is 4.52 Å². The Balaban J connectivity index is 1.64. The minimum absolute atomic E-state index is 0.0499. The molecular formula is C15H18FN5O2. The van der Waals surface area contributed by atoms with E-state index in [0.29, 0.717) is 26.1 Å². The molecule has 1 aliphatic rings. The SMILES string of the molecule is CN(C[C@@H]1C[C@H](F)CN1Cc1cncnc1)C(=O)c1ccon1. The zero-order valence-electron chi connectivity index (χ0n) is 12.8. The van der Waals surface area contributed by atoms with Crippen LogP contribution in [0.5, 0.6) is 0 Å². The molecule has 1 fully saturated rings. The molecule has 0 aromatic carbocycles. The third-order valence-corrected chi connectivity index (χ3v) is 3.96. The Morgan fingerprint density at radius 1 is 1.48 bits per heavy atom. The van der Waals surface area contributed by atoms with E-state index in [-0.39, 0.29) is 17.6 Å². The number of carbonyl (C=O) groups is 1. The number of hydrogen-bond acceptors (Lipinski definition) is 6. The summed E-state index contributed by atoms with van der Waals surface area (Å²) in [5, 5.41) is 3.64. The molecule has 0 bridgehead atoms. The highest BCUT2D eigenvalue weighted by Crippen LogP contribution is 2.23. The predicted octanol–water partition coefficient (Wildman–Crippen LogP) is 1.15. The van der Waals surface area contributed by atoms with E-state index in [0.717, 1.165) is 5.56 Å². The van der Waals surface area contributed by atoms with Gasteiger partial charge in [0.05, 0.1) is 0 Å². The molecule has 23 heavy (non-hydrogen) atoms. The largest absolute Gasteiger partial charge is 0.364 e. The highest BCUT2D eigenvalue weighted by molar-refractivity contribution is 5.91. The fraction of sp³-hybridized carbons (Fsp3) is 0.467. The molecule has 1 saturated heterocycles. The Bertz CT molecular complexity index is 637. The first-order chi connectivity index (χ1) is 11.1. The second kappa shape index (κ2) is 6.82. The van der Waals surface area contributed by atoms with Gasteiger partial charge >= 0.3 is 0 Å². The minimum atomic E-state index is -0.889. The van der Waals surface area contributed by atoms with E-state index in [9.17, 15) is 9.18 Å². The van der Waals surface area contributed by atoms with E-state index in [2.05, 4.69) is 15.1 Å². The molecule has 2 aromatic rings. The van der Waals surface area contributed by atoms with Crippen LogP contribution in [-0.4, -0.2) is 63.2 Å². The van der Waals surface area contributed by atoms with Crippen LogP contribution in [0, 0.1) is 0 Å². The van der Waals surface area contributed by atoms with Crippen molar-refractivity contribution in [2.24, 2.45) is 0 Å². The van der Waals surface area contributed by atoms with Crippen molar-refractivity contribution < 1.29 is 13.7 Å². The van der Waals surface area contributed by atoms with Gasteiger partial charge in [0.25, 0.3) is 5.91 Å². The number of nitrogens with zero attached hydrogens (tertiary/aromatic N) is 5. The van der Waals surface area contributed by atoms with Crippen molar-refractivity contribution in [1.82, 2.24) is 24.9 Å². The second-order valence-electron chi connectivity index (χ2n) is 5.73. The zero-order chi connectivity index (χ0) is 16.2. The molecular weight excluding hydrogens is 301 g/mol. The molecule has 3 rings (SSSR count). The molecule has 2 atom stereocenters. The van der Waals surface area contributed by atoms with Crippen molar-refractivity contribution in [2.75, 3.05) is 20.1 Å². The number of likely N-dealkylation sites (tertiary alicyclic amines) is 1. The summed E-state index contributed by atoms with van der Waals surface area (Å²) in [5.41, 5.74) is 1.18. The lowest BCUT2D eigenvalue weighted by molar-refractivity contribution is 0.0739. The van der Waals surface area contributed by atoms with Crippen LogP contribution in [0.1, 0.15) is 22.5 Å². The second-order valence-corrected chi connectivity index (χ2v) is 5.73. The summed E-state index contributed by atoms with van der Waals surface area (Å²) in [6, 6.07) is 1.47. The molecule has 1 aliphatic heterocycles. The van der Waals surface area contributed by atoms with Crippen LogP contribution in [0.25, 0.3) is 0 Å². The van der Waals surface area contributed by atoms with Crippen LogP contribution in [0.4, 0.5) is 4.39 Å². The topological polar surface area (TPSA) is 75.4 Å². The van der Waals surface area contributed by atoms with Crippen molar-refractivity contribution in [3.63, 3.8) is 0 Å². The fourth-order valence-electron chi connectivity index (χ4n) is 2.87. The number of halogens is 1. The van der Waals surface area contributed by atoms with Crippen molar-refractivity contribution in [2.45, 2.75) is 25.2 Å². The quantitative estimate of drug-likeness (QED) is 0.823. The summed E-state index contributed by atoms with van der Waals surface area (Å²) in [6.07, 6.45) is 5.78. The van der Waals surface area contributed by atoms with Crippen LogP contribution in [0.15, 0.2) is 35.6 Å². The lowest BCUT2D eigenvalue weighted by Crippen LogP contribution is -2.41. The lowest BCUT2D eigenvalue weighted by atomic mass is 10.2. The molecule has 7 nitrogen and oxygen atoms in total. The minimum Gasteiger partial charge on any atom is -0.364 e. The van der Waals surface area contributed by atoms with E-state index < -0.39 is 6.17 Å². The molecule has 1 amide bonds. The monoisotopic (exact) mass is 319 g/mol. The van der Waals surface area contributed by atoms with Gasteiger partial charge in [0.2, 0.25) is 0 Å². The maximum Gasteiger partial charge on any atom is 0.275 e. The van der Waals surface area contributed by atoms with E-state index >= 15 is 0 Å². The van der Waals surface area contributed by atoms with Crippen molar-refractivity contribution in [1.29, 1.82) is 0 Å². The van der Waals surface area contributed by atoms with E-state index in [1.54, 1.807) is 24.3 Å². The normalized spacial score (nSPS) is 21.5. The molecule has 2 aromatic heterocycles. The average Bonchev–Trinajstić information content (AvgIpc) is 3.18. The first kappa shape index (κ1) is 15.5. The van der Waals surface area contributed by atoms with Crippen LogP contribution < -0.4 is 0 Å². The van der Waals surface area contributed by atoms with Crippen molar-refractivity contribution in [3.05, 3.63) is 42.3 Å². The third-order valence-electron chi connectivity index (χ3n) is 3.96. The highest BCUT2D eigenvalue weighted by atomic mass is 19.1. The summed E-state index contributed by atoms with van der Waals surface area (Å²) < 4.78 is 18.5. The first-order valence-corrected chi connectivity index (χ1v) is 7.41. The molecule has 0 spiro atoms. The van der Waals surface area contributed by atoms with Gasteiger partial charge in [-0.1, -0.05) is 5.16 Å². The third kappa shape index (κ3) is 3.70. The molecule has 8 heteroatoms. The van der Waals surface area contributed by atoms with Gasteiger partial charge in [-0.05, 0) is 6.42 Å². The molecule has 0 saturated carbocycles. The Kier molecular flexibility index (Phi) is 4.61. The van der Waals surface area contributed by atoms with Gasteiger partial charge in [-0.2, -0.15) is 0 Å². The summed E-state index contributed by atoms with van der Waals surface area (Å²) in [5.74, 6) is -0.232. The summed E-state index contributed by atoms with van der Waals surface area (Å²) in [6.45, 7) is 1.35. The van der Waals surface area contributed by atoms with Crippen LogP contribution in [0.2, 0.25) is 0 Å². The fourth-order valence-corrected chi connectivity index (χ4v) is 2.87. The van der Waals surface area contributed by atoms with Gasteiger partial charge in [0.15, 0.2) is 5.69 Å². The molecule has 0 N–H and O–H groups in total. The van der Waals surface area contributed by atoms with Gasteiger partial charge in [-0.3, -0.25) is 9.69 Å². The molecule has 3 heterocycles. The van der Waals surface area contributed by atoms with Gasteiger partial charge in [0.1, 0.15) is 18.8 Å². The Morgan fingerprint density at radius 3 is 2.96 bits per heavy atom. The molecule has 122 valence electrons. The number of hydrogen-bond donors (Lipinski definition) is 0. The number of alkyl halides is 1. The van der Waals surface area contributed by atoms with Crippen molar-refractivity contribution >= 4 is 5.91 Å². The van der Waals surface area contributed by atoms with Crippen LogP contribution in [0.3, 0.4) is 0 Å². The number of carbonyl (C=O) groups excluding carboxylic acids is 1. The van der Waals surface area contributed by atoms with Gasteiger partial charge in [-0.15, -0.1) is 0 Å². The molecule has 0 unspecified atom stereocenters. The summed E-state index contributed by atoms with van der Waals surface area (Å²) >= 11 is 0. The number of aromatic nitrogens is 3. The smallest absolute Gasteiger partial charge is 0.275 e. The van der Waals surface area contributed by atoms with Crippen LogP contribution >= 0.6 is 0 Å². The predicted molar refractivity (Wildman–Crippen MR) is 79.2 cm³/mol. The van der Waals surface area contributed by atoms with Crippen LogP contribution in [-0.2, 0) is 6.54 Å². The Labute approximate surface area is 133 Å². The first-order valence-electron chi connectivity index (χ1n) is 7.41. The van der Waals surface area contributed by atoms with E-state index in [1.807, 2.05) is 4.90 Å². The zero-order valence-corrected chi connectivity index (χ0v) is 12.8. The number of amides is 1. The van der Waals surface area contributed by atoms with Gasteiger partial charge < -0.3 is 9.42 Å². The van der Waals surface area contributed by atoms with Crippen molar-refractivity contribution in [3.8, 4) is 0 Å². The Hall–Kier alpha value is -2.35. The number of rotatable bonds is 5. The number of likely N-dealkylation sites (N-methyl/N-ethyl adjacent to an activating group) is 1. The van der Waals surface area contributed by atoms with E-state index in [1.165, 1.54) is 18.7 Å². The maximum absolute atomic E-state index is 13.8. The molecule has 0 aliphatic carbocycles. The highest BCUT2D eigenvalue weighted by Gasteiger charge is 2.33. The summed E-state index contributed by atoms with van der Waals surface area (Å²) in [4.78, 5) is 23.7.